The van der Waals surface area contributed by atoms with Crippen molar-refractivity contribution in [2.45, 2.75) is 39.7 Å². The molecule has 0 bridgehead atoms. The van der Waals surface area contributed by atoms with Crippen molar-refractivity contribution in [3.05, 3.63) is 59.7 Å². The third-order valence-corrected chi connectivity index (χ3v) is 5.83. The minimum atomic E-state index is -3.72. The minimum Gasteiger partial charge on any atom is -0.352 e. The molecule has 8 heteroatoms. The van der Waals surface area contributed by atoms with Crippen LogP contribution in [0.15, 0.2) is 48.5 Å². The van der Waals surface area contributed by atoms with E-state index in [1.54, 1.807) is 42.5 Å². The Labute approximate surface area is 178 Å². The van der Waals surface area contributed by atoms with Gasteiger partial charge >= 0.3 is 0 Å². The standard InChI is InChI=1S/C22H29N3O4S/c1-5-6-14-23-22(27)19-12-7-8-13-20(19)24-21(26)17(3)25(30(4,28)29)18-11-9-10-16(2)15-18/h7-13,15,17H,5-6,14H2,1-4H3,(H,23,27)(H,24,26). The summed E-state index contributed by atoms with van der Waals surface area (Å²) >= 11 is 0. The van der Waals surface area contributed by atoms with Crippen LogP contribution >= 0.6 is 0 Å². The second-order valence-electron chi connectivity index (χ2n) is 7.22. The van der Waals surface area contributed by atoms with Crippen LogP contribution in [-0.2, 0) is 14.8 Å². The monoisotopic (exact) mass is 431 g/mol. The Morgan fingerprint density at radius 3 is 2.43 bits per heavy atom. The van der Waals surface area contributed by atoms with Gasteiger partial charge in [0.1, 0.15) is 6.04 Å². The Balaban J connectivity index is 2.27. The lowest BCUT2D eigenvalue weighted by Gasteiger charge is -2.28. The van der Waals surface area contributed by atoms with Crippen molar-refractivity contribution >= 4 is 33.2 Å². The quantitative estimate of drug-likeness (QED) is 0.596. The van der Waals surface area contributed by atoms with Gasteiger partial charge < -0.3 is 10.6 Å². The van der Waals surface area contributed by atoms with E-state index in [0.29, 0.717) is 23.5 Å². The Hall–Kier alpha value is -2.87. The summed E-state index contributed by atoms with van der Waals surface area (Å²) in [5.41, 5.74) is 1.95. The summed E-state index contributed by atoms with van der Waals surface area (Å²) < 4.78 is 26.0. The first kappa shape index (κ1) is 23.4. The highest BCUT2D eigenvalue weighted by Gasteiger charge is 2.29. The van der Waals surface area contributed by atoms with Gasteiger partial charge in [0.15, 0.2) is 0 Å². The third kappa shape index (κ3) is 6.06. The lowest BCUT2D eigenvalue weighted by atomic mass is 10.1. The molecule has 2 amide bonds. The molecule has 0 aliphatic carbocycles. The zero-order chi connectivity index (χ0) is 22.3. The van der Waals surface area contributed by atoms with Crippen LogP contribution in [0.5, 0.6) is 0 Å². The minimum absolute atomic E-state index is 0.286. The number of aryl methyl sites for hydroxylation is 1. The number of hydrogen-bond acceptors (Lipinski definition) is 4. The van der Waals surface area contributed by atoms with Crippen LogP contribution in [-0.4, -0.2) is 39.1 Å². The highest BCUT2D eigenvalue weighted by atomic mass is 32.2. The second-order valence-corrected chi connectivity index (χ2v) is 9.08. The van der Waals surface area contributed by atoms with Crippen molar-refractivity contribution < 1.29 is 18.0 Å². The van der Waals surface area contributed by atoms with Gasteiger partial charge in [-0.2, -0.15) is 0 Å². The van der Waals surface area contributed by atoms with Gasteiger partial charge in [-0.25, -0.2) is 8.42 Å². The highest BCUT2D eigenvalue weighted by molar-refractivity contribution is 7.92. The highest BCUT2D eigenvalue weighted by Crippen LogP contribution is 2.23. The summed E-state index contributed by atoms with van der Waals surface area (Å²) in [5.74, 6) is -0.818. The van der Waals surface area contributed by atoms with Crippen LogP contribution in [0.2, 0.25) is 0 Å². The molecule has 0 saturated heterocycles. The van der Waals surface area contributed by atoms with Gasteiger partial charge in [-0.05, 0) is 50.1 Å². The first-order valence-corrected chi connectivity index (χ1v) is 11.7. The fraction of sp³-hybridized carbons (Fsp3) is 0.364. The van der Waals surface area contributed by atoms with Gasteiger partial charge in [0, 0.05) is 6.54 Å². The van der Waals surface area contributed by atoms with Crippen molar-refractivity contribution in [3.8, 4) is 0 Å². The van der Waals surface area contributed by atoms with Crippen LogP contribution in [0.1, 0.15) is 42.6 Å². The fourth-order valence-corrected chi connectivity index (χ4v) is 4.24. The Kier molecular flexibility index (Phi) is 8.00. The average Bonchev–Trinajstić information content (AvgIpc) is 2.67. The molecule has 2 rings (SSSR count). The van der Waals surface area contributed by atoms with Crippen molar-refractivity contribution in [2.24, 2.45) is 0 Å². The van der Waals surface area contributed by atoms with Gasteiger partial charge in [0.25, 0.3) is 5.91 Å². The maximum atomic E-state index is 12.9. The van der Waals surface area contributed by atoms with Gasteiger partial charge in [-0.3, -0.25) is 13.9 Å². The molecular formula is C22H29N3O4S. The lowest BCUT2D eigenvalue weighted by Crippen LogP contribution is -2.45. The fourth-order valence-electron chi connectivity index (χ4n) is 3.08. The molecule has 0 aliphatic rings. The zero-order valence-corrected chi connectivity index (χ0v) is 18.6. The molecule has 0 aliphatic heterocycles. The number of unbranched alkanes of at least 4 members (excludes halogenated alkanes) is 1. The van der Waals surface area contributed by atoms with E-state index in [-0.39, 0.29) is 5.91 Å². The Morgan fingerprint density at radius 2 is 1.80 bits per heavy atom. The smallest absolute Gasteiger partial charge is 0.253 e. The number of hydrogen-bond donors (Lipinski definition) is 2. The van der Waals surface area contributed by atoms with Gasteiger partial charge in [-0.15, -0.1) is 0 Å². The van der Waals surface area contributed by atoms with Gasteiger partial charge in [-0.1, -0.05) is 37.6 Å². The van der Waals surface area contributed by atoms with E-state index < -0.39 is 22.0 Å². The number of rotatable bonds is 9. The molecule has 30 heavy (non-hydrogen) atoms. The molecule has 0 fully saturated rings. The van der Waals surface area contributed by atoms with E-state index in [1.807, 2.05) is 19.9 Å². The van der Waals surface area contributed by atoms with Crippen molar-refractivity contribution in [2.75, 3.05) is 22.4 Å². The zero-order valence-electron chi connectivity index (χ0n) is 17.8. The van der Waals surface area contributed by atoms with Gasteiger partial charge in [0.2, 0.25) is 15.9 Å². The van der Waals surface area contributed by atoms with Gasteiger partial charge in [0.05, 0.1) is 23.2 Å². The molecule has 1 unspecified atom stereocenters. The molecule has 0 aromatic heterocycles. The van der Waals surface area contributed by atoms with Crippen molar-refractivity contribution in [3.63, 3.8) is 0 Å². The summed E-state index contributed by atoms with van der Waals surface area (Å²) in [7, 11) is -3.72. The molecule has 0 heterocycles. The number of carbonyl (C=O) groups excluding carboxylic acids is 2. The Morgan fingerprint density at radius 1 is 1.10 bits per heavy atom. The third-order valence-electron chi connectivity index (χ3n) is 4.59. The average molecular weight is 432 g/mol. The van der Waals surface area contributed by atoms with E-state index in [2.05, 4.69) is 10.6 Å². The first-order valence-electron chi connectivity index (χ1n) is 9.89. The SMILES string of the molecule is CCCCNC(=O)c1ccccc1NC(=O)C(C)N(c1cccc(C)c1)S(C)(=O)=O. The molecule has 7 nitrogen and oxygen atoms in total. The second kappa shape index (κ2) is 10.2. The summed E-state index contributed by atoms with van der Waals surface area (Å²) in [5, 5.41) is 5.54. The number of benzene rings is 2. The number of nitrogens with one attached hydrogen (secondary N) is 2. The van der Waals surface area contributed by atoms with E-state index in [1.165, 1.54) is 6.92 Å². The predicted molar refractivity (Wildman–Crippen MR) is 120 cm³/mol. The lowest BCUT2D eigenvalue weighted by molar-refractivity contribution is -0.116. The van der Waals surface area contributed by atoms with Crippen molar-refractivity contribution in [1.29, 1.82) is 0 Å². The van der Waals surface area contributed by atoms with Crippen LogP contribution in [0, 0.1) is 6.92 Å². The number of sulfonamides is 1. The number of amides is 2. The largest absolute Gasteiger partial charge is 0.352 e. The number of carbonyl (C=O) groups is 2. The molecular weight excluding hydrogens is 402 g/mol. The van der Waals surface area contributed by atoms with E-state index in [4.69, 9.17) is 0 Å². The molecule has 0 spiro atoms. The summed E-state index contributed by atoms with van der Waals surface area (Å²) in [4.78, 5) is 25.4. The van der Waals surface area contributed by atoms with Crippen LogP contribution in [0.25, 0.3) is 0 Å². The molecule has 2 aromatic carbocycles. The summed E-state index contributed by atoms with van der Waals surface area (Å²) in [6.45, 7) is 5.94. The van der Waals surface area contributed by atoms with E-state index in [9.17, 15) is 18.0 Å². The number of nitrogens with zero attached hydrogens (tertiary/aromatic N) is 1. The maximum absolute atomic E-state index is 12.9. The first-order chi connectivity index (χ1) is 14.1. The molecule has 2 aromatic rings. The topological polar surface area (TPSA) is 95.6 Å². The molecule has 0 radical (unpaired) electrons. The van der Waals surface area contributed by atoms with E-state index in [0.717, 1.165) is 29.0 Å². The summed E-state index contributed by atoms with van der Waals surface area (Å²) in [6, 6.07) is 12.6. The van der Waals surface area contributed by atoms with Crippen LogP contribution < -0.4 is 14.9 Å². The molecule has 1 atom stereocenters. The molecule has 2 N–H and O–H groups in total. The molecule has 162 valence electrons. The predicted octanol–water partition coefficient (Wildman–Crippen LogP) is 3.32. The van der Waals surface area contributed by atoms with E-state index >= 15 is 0 Å². The number of anilines is 2. The van der Waals surface area contributed by atoms with Crippen molar-refractivity contribution in [1.82, 2.24) is 5.32 Å². The van der Waals surface area contributed by atoms with Crippen LogP contribution in [0.3, 0.4) is 0 Å². The number of para-hydroxylation sites is 1. The maximum Gasteiger partial charge on any atom is 0.253 e. The van der Waals surface area contributed by atoms with Crippen LogP contribution in [0.4, 0.5) is 11.4 Å². The Bertz CT molecular complexity index is 1000. The summed E-state index contributed by atoms with van der Waals surface area (Å²) in [6.07, 6.45) is 2.88. The normalized spacial score (nSPS) is 12.1. The molecule has 0 saturated carbocycles.